The molecular formula is C46H81F2N7O2. The number of likely N-dealkylation sites (tertiary alicyclic amines) is 1. The molecule has 1 aromatic heterocycles. The molecule has 57 heavy (non-hydrogen) atoms. The number of nitrogens with one attached hydrogen (secondary N) is 3. The van der Waals surface area contributed by atoms with Crippen LogP contribution in [0.4, 0.5) is 8.78 Å². The predicted molar refractivity (Wildman–Crippen MR) is 231 cm³/mol. The van der Waals surface area contributed by atoms with E-state index in [4.69, 9.17) is 19.5 Å². The van der Waals surface area contributed by atoms with Gasteiger partial charge in [0.25, 0.3) is 5.92 Å². The molecule has 0 aromatic carbocycles. The molecule has 1 saturated carbocycles. The van der Waals surface area contributed by atoms with Gasteiger partial charge in [0.05, 0.1) is 30.3 Å². The summed E-state index contributed by atoms with van der Waals surface area (Å²) in [5.41, 5.74) is 0.288. The molecule has 0 bridgehead atoms. The van der Waals surface area contributed by atoms with E-state index in [2.05, 4.69) is 114 Å². The van der Waals surface area contributed by atoms with Gasteiger partial charge in [0.2, 0.25) is 5.88 Å². The lowest BCUT2D eigenvalue weighted by Gasteiger charge is -2.43. The molecule has 4 rings (SSSR count). The van der Waals surface area contributed by atoms with Crippen molar-refractivity contribution in [3.05, 3.63) is 30.4 Å². The Bertz CT molecular complexity index is 1470. The Morgan fingerprint density at radius 1 is 0.772 bits per heavy atom. The Hall–Kier alpha value is -2.21. The fourth-order valence-electron chi connectivity index (χ4n) is 8.20. The first-order chi connectivity index (χ1) is 26.1. The number of halogens is 2. The van der Waals surface area contributed by atoms with Crippen molar-refractivity contribution in [2.75, 3.05) is 26.2 Å². The lowest BCUT2D eigenvalue weighted by molar-refractivity contribution is -0.0702. The van der Waals surface area contributed by atoms with Crippen LogP contribution in [0.5, 0.6) is 5.88 Å². The highest BCUT2D eigenvalue weighted by molar-refractivity contribution is 5.84. The summed E-state index contributed by atoms with van der Waals surface area (Å²) in [5.74, 6) is -0.468. The highest BCUT2D eigenvalue weighted by Gasteiger charge is 2.38. The molecule has 1 aromatic rings. The van der Waals surface area contributed by atoms with Crippen molar-refractivity contribution >= 4 is 5.84 Å². The Morgan fingerprint density at radius 3 is 2.09 bits per heavy atom. The molecule has 1 aliphatic carbocycles. The topological polar surface area (TPSA) is 95.9 Å². The molecule has 3 heterocycles. The molecule has 3 aliphatic rings. The van der Waals surface area contributed by atoms with Crippen molar-refractivity contribution in [2.45, 2.75) is 213 Å². The van der Waals surface area contributed by atoms with Gasteiger partial charge in [-0.1, -0.05) is 33.8 Å². The molecule has 9 nitrogen and oxygen atoms in total. The zero-order valence-electron chi connectivity index (χ0n) is 38.4. The zero-order valence-corrected chi connectivity index (χ0v) is 38.4. The summed E-state index contributed by atoms with van der Waals surface area (Å²) in [4.78, 5) is 16.7. The molecule has 3 N–H and O–H groups in total. The standard InChI is InChI=1S/C46H81F2N7O2/c1-40(2,3)53-34-16-25-55(32-34)38-27-33(15-23-49-38)42(7,8)17-20-45(13,14)54-35-28-36(29-35)57-39-31-50-37(30-51-39)43(9,10)18-19-44(11,12)52-24-21-46(47,48)22-26-56-41(4,5)6/h15,23,30-31,33-36,52-54H,16-22,24-29,32H2,1-14H3. The van der Waals surface area contributed by atoms with Crippen LogP contribution in [0.25, 0.3) is 0 Å². The van der Waals surface area contributed by atoms with E-state index in [0.29, 0.717) is 23.9 Å². The van der Waals surface area contributed by atoms with Crippen LogP contribution in [0, 0.1) is 11.3 Å². The second-order valence-corrected chi connectivity index (χ2v) is 22.2. The first kappa shape index (κ1) is 47.5. The van der Waals surface area contributed by atoms with Gasteiger partial charge in [-0.05, 0) is 126 Å². The zero-order chi connectivity index (χ0) is 42.5. The summed E-state index contributed by atoms with van der Waals surface area (Å²) in [6.45, 7) is 32.8. The summed E-state index contributed by atoms with van der Waals surface area (Å²) < 4.78 is 40.6. The fourth-order valence-corrected chi connectivity index (χ4v) is 8.20. The minimum atomic E-state index is -2.76. The van der Waals surface area contributed by atoms with Gasteiger partial charge in [-0.2, -0.15) is 0 Å². The number of alkyl halides is 2. The van der Waals surface area contributed by atoms with Crippen LogP contribution in [-0.2, 0) is 10.2 Å². The first-order valence-electron chi connectivity index (χ1n) is 21.9. The van der Waals surface area contributed by atoms with Gasteiger partial charge in [-0.25, -0.2) is 18.8 Å². The van der Waals surface area contributed by atoms with Gasteiger partial charge in [0.1, 0.15) is 11.9 Å². The number of nitrogens with zero attached hydrogens (tertiary/aromatic N) is 4. The summed E-state index contributed by atoms with van der Waals surface area (Å²) in [7, 11) is 0. The van der Waals surface area contributed by atoms with E-state index in [1.807, 2.05) is 27.0 Å². The van der Waals surface area contributed by atoms with Crippen molar-refractivity contribution in [3.63, 3.8) is 0 Å². The lowest BCUT2D eigenvalue weighted by Crippen LogP contribution is -2.54. The third-order valence-corrected chi connectivity index (χ3v) is 12.3. The van der Waals surface area contributed by atoms with Crippen LogP contribution in [0.15, 0.2) is 29.7 Å². The Kier molecular flexibility index (Phi) is 15.5. The Balaban J connectivity index is 1.14. The number of ether oxygens (including phenoxy) is 2. The molecule has 0 radical (unpaired) electrons. The number of hydrogen-bond donors (Lipinski definition) is 3. The van der Waals surface area contributed by atoms with Crippen LogP contribution in [0.2, 0.25) is 0 Å². The smallest absolute Gasteiger partial charge is 0.251 e. The van der Waals surface area contributed by atoms with Crippen LogP contribution in [-0.4, -0.2) is 93.3 Å². The summed E-state index contributed by atoms with van der Waals surface area (Å²) in [6.07, 6.45) is 15.6. The molecular weight excluding hydrogens is 721 g/mol. The molecule has 11 heteroatoms. The molecule has 1 saturated heterocycles. The Morgan fingerprint density at radius 2 is 1.46 bits per heavy atom. The van der Waals surface area contributed by atoms with E-state index in [-0.39, 0.29) is 59.5 Å². The highest BCUT2D eigenvalue weighted by Crippen LogP contribution is 2.40. The SMILES string of the molecule is CC(C)(C)NC1CCN(C2=NC=CC(C(C)(C)CCC(C)(C)NC3CC(Oc4cnc(C(C)(C)CCC(C)(C)NCCC(F)(F)CCOC(C)(C)C)cn4)C3)C2)C1. The van der Waals surface area contributed by atoms with Crippen molar-refractivity contribution < 1.29 is 18.3 Å². The van der Waals surface area contributed by atoms with Gasteiger partial charge in [0, 0.05) is 79.2 Å². The average Bonchev–Trinajstić information content (AvgIpc) is 3.52. The van der Waals surface area contributed by atoms with Crippen molar-refractivity contribution in [3.8, 4) is 5.88 Å². The van der Waals surface area contributed by atoms with E-state index < -0.39 is 11.5 Å². The van der Waals surface area contributed by atoms with Crippen LogP contribution in [0.1, 0.15) is 167 Å². The fraction of sp³-hybridized carbons (Fsp3) is 0.848. The first-order valence-corrected chi connectivity index (χ1v) is 21.9. The summed E-state index contributed by atoms with van der Waals surface area (Å²) in [6, 6.07) is 0.941. The van der Waals surface area contributed by atoms with Crippen LogP contribution < -0.4 is 20.7 Å². The number of aromatic nitrogens is 2. The monoisotopic (exact) mass is 802 g/mol. The Labute approximate surface area is 345 Å². The maximum absolute atomic E-state index is 14.4. The summed E-state index contributed by atoms with van der Waals surface area (Å²) >= 11 is 0. The predicted octanol–water partition coefficient (Wildman–Crippen LogP) is 9.61. The number of allylic oxidation sites excluding steroid dienone is 1. The second kappa shape index (κ2) is 18.6. The van der Waals surface area contributed by atoms with Crippen LogP contribution >= 0.6 is 0 Å². The lowest BCUT2D eigenvalue weighted by atomic mass is 9.71. The van der Waals surface area contributed by atoms with Gasteiger partial charge < -0.3 is 30.3 Å². The van der Waals surface area contributed by atoms with Crippen molar-refractivity contribution in [1.82, 2.24) is 30.8 Å². The third kappa shape index (κ3) is 16.1. The van der Waals surface area contributed by atoms with E-state index in [1.165, 1.54) is 12.3 Å². The molecule has 326 valence electrons. The molecule has 0 spiro atoms. The maximum atomic E-state index is 14.4. The largest absolute Gasteiger partial charge is 0.473 e. The molecule has 2 atom stereocenters. The quantitative estimate of drug-likeness (QED) is 0.120. The number of hydrogen-bond acceptors (Lipinski definition) is 9. The molecule has 2 unspecified atom stereocenters. The minimum absolute atomic E-state index is 0.0204. The van der Waals surface area contributed by atoms with Crippen LogP contribution in [0.3, 0.4) is 0 Å². The third-order valence-electron chi connectivity index (χ3n) is 12.3. The second-order valence-electron chi connectivity index (χ2n) is 22.2. The van der Waals surface area contributed by atoms with Crippen molar-refractivity contribution in [1.29, 1.82) is 0 Å². The van der Waals surface area contributed by atoms with Gasteiger partial charge in [-0.15, -0.1) is 0 Å². The van der Waals surface area contributed by atoms with Gasteiger partial charge >= 0.3 is 0 Å². The molecule has 2 aliphatic heterocycles. The van der Waals surface area contributed by atoms with E-state index in [1.54, 1.807) is 6.20 Å². The highest BCUT2D eigenvalue weighted by atomic mass is 19.3. The van der Waals surface area contributed by atoms with Gasteiger partial charge in [-0.3, -0.25) is 4.98 Å². The van der Waals surface area contributed by atoms with Gasteiger partial charge in [0.15, 0.2) is 0 Å². The normalized spacial score (nSPS) is 22.8. The number of amidine groups is 1. The number of aliphatic imine (C=N–C) groups is 1. The minimum Gasteiger partial charge on any atom is -0.473 e. The average molecular weight is 802 g/mol. The number of rotatable bonds is 20. The van der Waals surface area contributed by atoms with E-state index in [9.17, 15) is 8.78 Å². The van der Waals surface area contributed by atoms with E-state index in [0.717, 1.165) is 63.7 Å². The molecule has 2 fully saturated rings. The maximum Gasteiger partial charge on any atom is 0.251 e. The summed E-state index contributed by atoms with van der Waals surface area (Å²) in [5, 5.41) is 11.1. The molecule has 0 amide bonds. The van der Waals surface area contributed by atoms with Crippen molar-refractivity contribution in [2.24, 2.45) is 16.3 Å². The van der Waals surface area contributed by atoms with E-state index >= 15 is 0 Å².